The van der Waals surface area contributed by atoms with Gasteiger partial charge in [0, 0.05) is 6.42 Å². The Labute approximate surface area is 178 Å². The Kier molecular flexibility index (Phi) is 7.32. The van der Waals surface area contributed by atoms with Crippen molar-refractivity contribution < 1.29 is 23.1 Å². The molecule has 3 aromatic carbocycles. The highest BCUT2D eigenvalue weighted by atomic mass is 19.2. The fourth-order valence-electron chi connectivity index (χ4n) is 3.04. The number of nitrogens with one attached hydrogen (secondary N) is 1. The first-order chi connectivity index (χ1) is 14.9. The summed E-state index contributed by atoms with van der Waals surface area (Å²) in [4.78, 5) is 24.1. The number of hydrogen-bond acceptors (Lipinski definition) is 3. The lowest BCUT2D eigenvalue weighted by Crippen LogP contribution is -2.46. The maximum atomic E-state index is 13.3. The van der Waals surface area contributed by atoms with E-state index in [1.54, 1.807) is 24.3 Å². The topological polar surface area (TPSA) is 81.4 Å². The molecule has 1 atom stereocenters. The van der Waals surface area contributed by atoms with E-state index in [4.69, 9.17) is 10.5 Å². The molecule has 0 unspecified atom stereocenters. The van der Waals surface area contributed by atoms with Gasteiger partial charge in [-0.1, -0.05) is 48.5 Å². The second-order valence-electron chi connectivity index (χ2n) is 7.07. The number of halogens is 2. The average molecular weight is 424 g/mol. The van der Waals surface area contributed by atoms with Crippen LogP contribution in [0.2, 0.25) is 0 Å². The Morgan fingerprint density at radius 1 is 0.871 bits per heavy atom. The zero-order chi connectivity index (χ0) is 22.2. The lowest BCUT2D eigenvalue weighted by atomic mass is 10.0. The normalized spacial score (nSPS) is 11.5. The largest absolute Gasteiger partial charge is 0.489 e. The minimum Gasteiger partial charge on any atom is -0.489 e. The van der Waals surface area contributed by atoms with Crippen molar-refractivity contribution in [2.45, 2.75) is 25.5 Å². The van der Waals surface area contributed by atoms with Crippen molar-refractivity contribution in [2.75, 3.05) is 0 Å². The van der Waals surface area contributed by atoms with Gasteiger partial charge < -0.3 is 15.8 Å². The van der Waals surface area contributed by atoms with Crippen LogP contribution in [0.4, 0.5) is 8.78 Å². The summed E-state index contributed by atoms with van der Waals surface area (Å²) >= 11 is 0. The summed E-state index contributed by atoms with van der Waals surface area (Å²) in [6, 6.07) is 19.1. The molecule has 0 aromatic heterocycles. The smallest absolute Gasteiger partial charge is 0.240 e. The maximum absolute atomic E-state index is 13.3. The van der Waals surface area contributed by atoms with Gasteiger partial charge in [-0.15, -0.1) is 0 Å². The van der Waals surface area contributed by atoms with Crippen LogP contribution in [0, 0.1) is 11.6 Å². The number of ether oxygens (including phenoxy) is 1. The maximum Gasteiger partial charge on any atom is 0.240 e. The molecule has 2 amide bonds. The van der Waals surface area contributed by atoms with Gasteiger partial charge in [-0.3, -0.25) is 9.59 Å². The van der Waals surface area contributed by atoms with E-state index < -0.39 is 29.5 Å². The van der Waals surface area contributed by atoms with Crippen molar-refractivity contribution in [2.24, 2.45) is 5.73 Å². The molecule has 0 spiro atoms. The molecule has 0 heterocycles. The van der Waals surface area contributed by atoms with Crippen LogP contribution in [0.3, 0.4) is 0 Å². The molecule has 0 bridgehead atoms. The van der Waals surface area contributed by atoms with Gasteiger partial charge in [0.15, 0.2) is 11.6 Å². The molecule has 0 saturated heterocycles. The monoisotopic (exact) mass is 424 g/mol. The van der Waals surface area contributed by atoms with E-state index in [9.17, 15) is 18.4 Å². The number of amides is 2. The molecule has 3 N–H and O–H groups in total. The summed E-state index contributed by atoms with van der Waals surface area (Å²) in [5, 5.41) is 2.55. The Hall–Kier alpha value is -3.74. The molecule has 31 heavy (non-hydrogen) atoms. The van der Waals surface area contributed by atoms with Gasteiger partial charge in [-0.25, -0.2) is 8.78 Å². The third-order valence-corrected chi connectivity index (χ3v) is 4.61. The SMILES string of the molecule is NC(=O)[C@@H](Cc1cccc(OCc2ccccc2)c1)NC(=O)Cc1ccc(F)c(F)c1. The molecule has 0 aliphatic rings. The van der Waals surface area contributed by atoms with E-state index in [0.29, 0.717) is 12.4 Å². The molecule has 0 radical (unpaired) electrons. The molecule has 0 aliphatic carbocycles. The summed E-state index contributed by atoms with van der Waals surface area (Å²) in [5.74, 6) is -2.63. The molecule has 0 aliphatic heterocycles. The third kappa shape index (κ3) is 6.64. The standard InChI is InChI=1S/C24H22F2N2O3/c25-20-10-9-18(12-21(20)26)14-23(29)28-22(24(27)30)13-17-7-4-8-19(11-17)31-15-16-5-2-1-3-6-16/h1-12,22H,13-15H2,(H2,27,30)(H,28,29)/t22-/m1/s1. The van der Waals surface area contributed by atoms with E-state index >= 15 is 0 Å². The van der Waals surface area contributed by atoms with Crippen molar-refractivity contribution in [1.29, 1.82) is 0 Å². The number of carbonyl (C=O) groups is 2. The number of primary amides is 1. The first kappa shape index (κ1) is 22.0. The number of benzene rings is 3. The van der Waals surface area contributed by atoms with Gasteiger partial charge in [0.25, 0.3) is 0 Å². The van der Waals surface area contributed by atoms with E-state index in [1.807, 2.05) is 30.3 Å². The highest BCUT2D eigenvalue weighted by molar-refractivity contribution is 5.87. The van der Waals surface area contributed by atoms with Gasteiger partial charge in [0.05, 0.1) is 6.42 Å². The number of hydrogen-bond donors (Lipinski definition) is 2. The Morgan fingerprint density at radius 3 is 2.32 bits per heavy atom. The molecule has 0 saturated carbocycles. The third-order valence-electron chi connectivity index (χ3n) is 4.61. The summed E-state index contributed by atoms with van der Waals surface area (Å²) in [5.41, 5.74) is 7.51. The van der Waals surface area contributed by atoms with Crippen LogP contribution in [-0.4, -0.2) is 17.9 Å². The number of rotatable bonds is 9. The van der Waals surface area contributed by atoms with Crippen LogP contribution in [0.25, 0.3) is 0 Å². The van der Waals surface area contributed by atoms with Crippen LogP contribution in [0.15, 0.2) is 72.8 Å². The van der Waals surface area contributed by atoms with Gasteiger partial charge >= 0.3 is 0 Å². The second kappa shape index (κ2) is 10.3. The van der Waals surface area contributed by atoms with Gasteiger partial charge in [0.1, 0.15) is 18.4 Å². The average Bonchev–Trinajstić information content (AvgIpc) is 2.75. The van der Waals surface area contributed by atoms with Crippen LogP contribution < -0.4 is 15.8 Å². The summed E-state index contributed by atoms with van der Waals surface area (Å²) < 4.78 is 32.1. The molecule has 160 valence electrons. The fraction of sp³-hybridized carbons (Fsp3) is 0.167. The van der Waals surface area contributed by atoms with Crippen LogP contribution in [-0.2, 0) is 29.0 Å². The minimum atomic E-state index is -1.04. The van der Waals surface area contributed by atoms with E-state index in [1.165, 1.54) is 6.07 Å². The van der Waals surface area contributed by atoms with Gasteiger partial charge in [-0.2, -0.15) is 0 Å². The first-order valence-corrected chi connectivity index (χ1v) is 9.69. The molecule has 5 nitrogen and oxygen atoms in total. The van der Waals surface area contributed by atoms with Crippen molar-refractivity contribution >= 4 is 11.8 Å². The molecule has 0 fully saturated rings. The predicted molar refractivity (Wildman–Crippen MR) is 112 cm³/mol. The van der Waals surface area contributed by atoms with Crippen LogP contribution in [0.1, 0.15) is 16.7 Å². The zero-order valence-electron chi connectivity index (χ0n) is 16.7. The van der Waals surface area contributed by atoms with E-state index in [2.05, 4.69) is 5.32 Å². The molecule has 3 rings (SSSR count). The van der Waals surface area contributed by atoms with Crippen molar-refractivity contribution in [3.63, 3.8) is 0 Å². The van der Waals surface area contributed by atoms with Crippen molar-refractivity contribution in [3.8, 4) is 5.75 Å². The quantitative estimate of drug-likeness (QED) is 0.553. The molecule has 3 aromatic rings. The minimum absolute atomic E-state index is 0.168. The number of nitrogens with two attached hydrogens (primary N) is 1. The second-order valence-corrected chi connectivity index (χ2v) is 7.07. The van der Waals surface area contributed by atoms with E-state index in [-0.39, 0.29) is 18.4 Å². The fourth-order valence-corrected chi connectivity index (χ4v) is 3.04. The van der Waals surface area contributed by atoms with Crippen molar-refractivity contribution in [1.82, 2.24) is 5.32 Å². The van der Waals surface area contributed by atoms with Crippen molar-refractivity contribution in [3.05, 3.63) is 101 Å². The summed E-state index contributed by atoms with van der Waals surface area (Å²) in [6.07, 6.45) is -0.0391. The predicted octanol–water partition coefficient (Wildman–Crippen LogP) is 3.30. The van der Waals surface area contributed by atoms with Crippen LogP contribution >= 0.6 is 0 Å². The molecular weight excluding hydrogens is 402 g/mol. The van der Waals surface area contributed by atoms with E-state index in [0.717, 1.165) is 23.3 Å². The summed E-state index contributed by atoms with van der Waals surface area (Å²) in [7, 11) is 0. The van der Waals surface area contributed by atoms with Crippen LogP contribution in [0.5, 0.6) is 5.75 Å². The zero-order valence-corrected chi connectivity index (χ0v) is 16.7. The first-order valence-electron chi connectivity index (χ1n) is 9.69. The Morgan fingerprint density at radius 2 is 1.61 bits per heavy atom. The van der Waals surface area contributed by atoms with Gasteiger partial charge in [0.2, 0.25) is 11.8 Å². The lowest BCUT2D eigenvalue weighted by Gasteiger charge is -2.16. The number of carbonyl (C=O) groups excluding carboxylic acids is 2. The Balaban J connectivity index is 1.60. The highest BCUT2D eigenvalue weighted by Gasteiger charge is 2.19. The molecule has 7 heteroatoms. The Bertz CT molecular complexity index is 1060. The van der Waals surface area contributed by atoms with Gasteiger partial charge in [-0.05, 0) is 41.0 Å². The summed E-state index contributed by atoms with van der Waals surface area (Å²) in [6.45, 7) is 0.397. The molecular formula is C24H22F2N2O3. The highest BCUT2D eigenvalue weighted by Crippen LogP contribution is 2.17. The lowest BCUT2D eigenvalue weighted by molar-refractivity contribution is -0.127.